The molecule has 2 aromatic carbocycles. The van der Waals surface area contributed by atoms with Crippen LogP contribution in [-0.4, -0.2) is 9.81 Å². The number of ether oxygens (including phenoxy) is 1. The van der Waals surface area contributed by atoms with Gasteiger partial charge in [0.05, 0.1) is 16.4 Å². The largest absolute Gasteiger partial charge is 0.361 e. The van der Waals surface area contributed by atoms with E-state index in [1.165, 1.54) is 18.4 Å². The van der Waals surface area contributed by atoms with Gasteiger partial charge < -0.3 is 4.74 Å². The van der Waals surface area contributed by atoms with E-state index in [0.29, 0.717) is 0 Å². The van der Waals surface area contributed by atoms with Gasteiger partial charge in [-0.05, 0) is 38.0 Å². The minimum absolute atomic E-state index is 0.0492. The van der Waals surface area contributed by atoms with Gasteiger partial charge in [-0.2, -0.15) is 0 Å². The van der Waals surface area contributed by atoms with Crippen molar-refractivity contribution in [2.75, 3.05) is 0 Å². The smallest absolute Gasteiger partial charge is 0.114 e. The Morgan fingerprint density at radius 1 is 1.05 bits per heavy atom. The zero-order valence-corrected chi connectivity index (χ0v) is 13.6. The predicted molar refractivity (Wildman–Crippen MR) is 87.3 cm³/mol. The molecule has 0 aromatic heterocycles. The Kier molecular flexibility index (Phi) is 3.43. The highest BCUT2D eigenvalue weighted by molar-refractivity contribution is 7.85. The molecule has 2 aliphatic rings. The Bertz CT molecular complexity index is 714. The Morgan fingerprint density at radius 3 is 2.45 bits per heavy atom. The summed E-state index contributed by atoms with van der Waals surface area (Å²) in [5, 5.41) is 0. The molecular weight excluding hydrogens is 292 g/mol. The van der Waals surface area contributed by atoms with Gasteiger partial charge in [-0.25, -0.2) is 4.21 Å². The number of epoxide rings is 1. The highest BCUT2D eigenvalue weighted by atomic mass is 32.2. The number of rotatable bonds is 3. The van der Waals surface area contributed by atoms with Gasteiger partial charge in [-0.1, -0.05) is 48.7 Å². The van der Waals surface area contributed by atoms with E-state index in [1.807, 2.05) is 49.4 Å². The highest BCUT2D eigenvalue weighted by Gasteiger charge is 2.58. The van der Waals surface area contributed by atoms with Crippen molar-refractivity contribution in [1.29, 1.82) is 0 Å². The molecule has 1 heterocycles. The molecule has 0 N–H and O–H groups in total. The summed E-state index contributed by atoms with van der Waals surface area (Å²) in [5.41, 5.74) is 2.35. The molecule has 0 bridgehead atoms. The van der Waals surface area contributed by atoms with Crippen molar-refractivity contribution < 1.29 is 8.95 Å². The van der Waals surface area contributed by atoms with Crippen LogP contribution < -0.4 is 0 Å². The lowest BCUT2D eigenvalue weighted by molar-refractivity contribution is 0.297. The van der Waals surface area contributed by atoms with Crippen LogP contribution in [0.25, 0.3) is 0 Å². The van der Waals surface area contributed by atoms with Gasteiger partial charge in [-0.15, -0.1) is 0 Å². The van der Waals surface area contributed by atoms with Crippen LogP contribution in [0.4, 0.5) is 0 Å². The lowest BCUT2D eigenvalue weighted by Crippen LogP contribution is -2.07. The molecule has 0 radical (unpaired) electrons. The molecule has 1 aliphatic carbocycles. The third-order valence-corrected chi connectivity index (χ3v) is 6.33. The van der Waals surface area contributed by atoms with Crippen molar-refractivity contribution in [3.05, 3.63) is 59.7 Å². The average molecular weight is 312 g/mol. The molecule has 22 heavy (non-hydrogen) atoms. The Hall–Kier alpha value is -1.45. The Morgan fingerprint density at radius 2 is 1.73 bits per heavy atom. The summed E-state index contributed by atoms with van der Waals surface area (Å²) in [6, 6.07) is 16.0. The molecule has 1 saturated heterocycles. The summed E-state index contributed by atoms with van der Waals surface area (Å²) >= 11 is 0. The number of aryl methyl sites for hydroxylation is 1. The van der Waals surface area contributed by atoms with Gasteiger partial charge in [0.15, 0.2) is 0 Å². The van der Waals surface area contributed by atoms with Crippen molar-refractivity contribution in [3.8, 4) is 0 Å². The second kappa shape index (κ2) is 5.32. The molecule has 2 aromatic rings. The maximum absolute atomic E-state index is 13.0. The van der Waals surface area contributed by atoms with E-state index in [1.54, 1.807) is 0 Å². The molecule has 2 atom stereocenters. The molecule has 3 heteroatoms. The molecule has 1 spiro atoms. The summed E-state index contributed by atoms with van der Waals surface area (Å²) in [6.45, 7) is 2.04. The number of benzene rings is 2. The van der Waals surface area contributed by atoms with E-state index in [-0.39, 0.29) is 11.7 Å². The minimum Gasteiger partial charge on any atom is -0.361 e. The molecular formula is C19H20O2S. The third-order valence-electron chi connectivity index (χ3n) is 4.86. The van der Waals surface area contributed by atoms with Crippen LogP contribution in [0.3, 0.4) is 0 Å². The second-order valence-electron chi connectivity index (χ2n) is 6.39. The fraction of sp³-hybridized carbons (Fsp3) is 0.368. The SMILES string of the molecule is Cc1ccc(S(=O)c2ccccc2[C@@H]2OC23CCCC3)cc1. The summed E-state index contributed by atoms with van der Waals surface area (Å²) < 4.78 is 19.0. The van der Waals surface area contributed by atoms with Crippen LogP contribution in [0.5, 0.6) is 0 Å². The van der Waals surface area contributed by atoms with Gasteiger partial charge in [0.2, 0.25) is 0 Å². The van der Waals surface area contributed by atoms with Gasteiger partial charge >= 0.3 is 0 Å². The van der Waals surface area contributed by atoms with Gasteiger partial charge in [0.25, 0.3) is 0 Å². The van der Waals surface area contributed by atoms with E-state index in [0.717, 1.165) is 28.2 Å². The molecule has 1 unspecified atom stereocenters. The van der Waals surface area contributed by atoms with Gasteiger partial charge in [0.1, 0.15) is 6.10 Å². The first-order valence-electron chi connectivity index (χ1n) is 7.95. The third kappa shape index (κ3) is 2.33. The maximum atomic E-state index is 13.0. The summed E-state index contributed by atoms with van der Waals surface area (Å²) in [4.78, 5) is 1.76. The van der Waals surface area contributed by atoms with Crippen molar-refractivity contribution >= 4 is 10.8 Å². The molecule has 1 aliphatic heterocycles. The molecule has 4 rings (SSSR count). The van der Waals surface area contributed by atoms with Crippen LogP contribution in [0, 0.1) is 6.92 Å². The van der Waals surface area contributed by atoms with Crippen LogP contribution in [0.2, 0.25) is 0 Å². The zero-order chi connectivity index (χ0) is 15.2. The molecule has 2 fully saturated rings. The summed E-state index contributed by atoms with van der Waals surface area (Å²) in [5.74, 6) is 0. The van der Waals surface area contributed by atoms with Crippen LogP contribution >= 0.6 is 0 Å². The van der Waals surface area contributed by atoms with Crippen molar-refractivity contribution in [1.82, 2.24) is 0 Å². The quantitative estimate of drug-likeness (QED) is 0.778. The molecule has 114 valence electrons. The minimum atomic E-state index is -1.14. The monoisotopic (exact) mass is 312 g/mol. The van der Waals surface area contributed by atoms with E-state index >= 15 is 0 Å². The molecule has 1 saturated carbocycles. The van der Waals surface area contributed by atoms with Crippen molar-refractivity contribution in [2.45, 2.75) is 54.1 Å². The first kappa shape index (κ1) is 14.2. The van der Waals surface area contributed by atoms with E-state index in [9.17, 15) is 4.21 Å². The van der Waals surface area contributed by atoms with Crippen LogP contribution in [0.15, 0.2) is 58.3 Å². The Labute approximate surface area is 134 Å². The first-order chi connectivity index (χ1) is 10.7. The standard InChI is InChI=1S/C19H20O2S/c1-14-8-10-15(11-9-14)22(20)17-7-3-2-6-16(17)18-19(21-18)12-4-5-13-19/h2-3,6-11,18H,4-5,12-13H2,1H3/t18-,22?/m0/s1. The fourth-order valence-electron chi connectivity index (χ4n) is 3.56. The highest BCUT2D eigenvalue weighted by Crippen LogP contribution is 2.59. The Balaban J connectivity index is 1.68. The predicted octanol–water partition coefficient (Wildman–Crippen LogP) is 4.55. The van der Waals surface area contributed by atoms with E-state index in [2.05, 4.69) is 6.07 Å². The average Bonchev–Trinajstić information content (AvgIpc) is 3.04. The van der Waals surface area contributed by atoms with Crippen molar-refractivity contribution in [2.24, 2.45) is 0 Å². The number of hydrogen-bond acceptors (Lipinski definition) is 2. The van der Waals surface area contributed by atoms with Gasteiger partial charge in [0, 0.05) is 15.4 Å². The normalized spacial score (nSPS) is 23.6. The molecule has 0 amide bonds. The maximum Gasteiger partial charge on any atom is 0.114 e. The van der Waals surface area contributed by atoms with E-state index in [4.69, 9.17) is 4.74 Å². The van der Waals surface area contributed by atoms with Gasteiger partial charge in [-0.3, -0.25) is 0 Å². The zero-order valence-electron chi connectivity index (χ0n) is 12.7. The summed E-state index contributed by atoms with van der Waals surface area (Å²) in [6.07, 6.45) is 4.92. The topological polar surface area (TPSA) is 29.6 Å². The van der Waals surface area contributed by atoms with Crippen LogP contribution in [0.1, 0.15) is 42.9 Å². The van der Waals surface area contributed by atoms with Crippen LogP contribution in [-0.2, 0) is 15.5 Å². The lowest BCUT2D eigenvalue weighted by Gasteiger charge is -2.09. The van der Waals surface area contributed by atoms with Crippen molar-refractivity contribution in [3.63, 3.8) is 0 Å². The first-order valence-corrected chi connectivity index (χ1v) is 9.10. The molecule has 2 nitrogen and oxygen atoms in total. The van der Waals surface area contributed by atoms with E-state index < -0.39 is 10.8 Å². The number of hydrogen-bond donors (Lipinski definition) is 0. The fourth-order valence-corrected chi connectivity index (χ4v) is 4.78. The second-order valence-corrected chi connectivity index (χ2v) is 7.84. The summed E-state index contributed by atoms with van der Waals surface area (Å²) in [7, 11) is -1.14. The lowest BCUT2D eigenvalue weighted by atomic mass is 9.98.